The van der Waals surface area contributed by atoms with Crippen LogP contribution in [0.3, 0.4) is 0 Å². The smallest absolute Gasteiger partial charge is 0.336 e. The van der Waals surface area contributed by atoms with Gasteiger partial charge in [0.2, 0.25) is 0 Å². The molecule has 0 bridgehead atoms. The fourth-order valence-electron chi connectivity index (χ4n) is 1.62. The first-order valence-corrected chi connectivity index (χ1v) is 4.73. The van der Waals surface area contributed by atoms with Crippen LogP contribution in [-0.2, 0) is 11.3 Å². The zero-order valence-corrected chi connectivity index (χ0v) is 8.74. The zero-order chi connectivity index (χ0) is 10.8. The molecule has 0 N–H and O–H groups in total. The van der Waals surface area contributed by atoms with Gasteiger partial charge < -0.3 is 9.15 Å². The molecule has 15 heavy (non-hydrogen) atoms. The molecule has 0 atom stereocenters. The first-order valence-electron chi connectivity index (χ1n) is 4.73. The minimum atomic E-state index is -0.335. The van der Waals surface area contributed by atoms with Gasteiger partial charge in [-0.1, -0.05) is 11.6 Å². The van der Waals surface area contributed by atoms with Gasteiger partial charge in [-0.2, -0.15) is 0 Å². The normalized spacial score (nSPS) is 10.8. The van der Waals surface area contributed by atoms with E-state index < -0.39 is 0 Å². The fourth-order valence-corrected chi connectivity index (χ4v) is 1.62. The lowest BCUT2D eigenvalue weighted by atomic mass is 10.1. The van der Waals surface area contributed by atoms with Crippen molar-refractivity contribution in [3.05, 3.63) is 45.8 Å². The molecular weight excluding hydrogens is 192 g/mol. The standard InChI is InChI=1S/C12H12O3/c1-8-3-4-11-10(5-8)9(7-14-2)6-12(13)15-11/h3-6H,7H2,1-2H3. The third-order valence-electron chi connectivity index (χ3n) is 2.28. The minimum absolute atomic E-state index is 0.335. The largest absolute Gasteiger partial charge is 0.423 e. The van der Waals surface area contributed by atoms with Gasteiger partial charge in [-0.15, -0.1) is 0 Å². The number of methoxy groups -OCH3 is 1. The molecule has 3 heteroatoms. The van der Waals surface area contributed by atoms with Crippen molar-refractivity contribution in [3.8, 4) is 0 Å². The Balaban J connectivity index is 2.75. The number of rotatable bonds is 2. The number of aryl methyl sites for hydroxylation is 1. The number of fused-ring (bicyclic) bond motifs is 1. The summed E-state index contributed by atoms with van der Waals surface area (Å²) in [6, 6.07) is 7.20. The van der Waals surface area contributed by atoms with Crippen molar-refractivity contribution in [1.29, 1.82) is 0 Å². The Bertz CT molecular complexity index is 540. The summed E-state index contributed by atoms with van der Waals surface area (Å²) in [5.41, 5.74) is 2.28. The molecule has 3 nitrogen and oxygen atoms in total. The summed E-state index contributed by atoms with van der Waals surface area (Å²) in [5.74, 6) is 0. The summed E-state index contributed by atoms with van der Waals surface area (Å²) in [4.78, 5) is 11.2. The average molecular weight is 204 g/mol. The fraction of sp³-hybridized carbons (Fsp3) is 0.250. The molecule has 1 aromatic carbocycles. The van der Waals surface area contributed by atoms with Crippen LogP contribution in [0.25, 0.3) is 11.0 Å². The maximum Gasteiger partial charge on any atom is 0.336 e. The van der Waals surface area contributed by atoms with Gasteiger partial charge in [0.05, 0.1) is 6.61 Å². The van der Waals surface area contributed by atoms with Crippen LogP contribution in [0.15, 0.2) is 33.5 Å². The number of hydrogen-bond donors (Lipinski definition) is 0. The highest BCUT2D eigenvalue weighted by molar-refractivity contribution is 5.80. The molecule has 0 aliphatic rings. The van der Waals surface area contributed by atoms with Gasteiger partial charge in [0.1, 0.15) is 5.58 Å². The lowest BCUT2D eigenvalue weighted by molar-refractivity contribution is 0.185. The molecule has 78 valence electrons. The van der Waals surface area contributed by atoms with Crippen LogP contribution in [0, 0.1) is 6.92 Å². The molecule has 0 spiro atoms. The molecule has 0 amide bonds. The molecule has 1 aromatic heterocycles. The van der Waals surface area contributed by atoms with Crippen molar-refractivity contribution in [3.63, 3.8) is 0 Å². The van der Waals surface area contributed by atoms with Crippen molar-refractivity contribution in [1.82, 2.24) is 0 Å². The van der Waals surface area contributed by atoms with Crippen LogP contribution in [0.4, 0.5) is 0 Å². The van der Waals surface area contributed by atoms with Crippen LogP contribution >= 0.6 is 0 Å². The van der Waals surface area contributed by atoms with Gasteiger partial charge in [0.25, 0.3) is 0 Å². The SMILES string of the molecule is COCc1cc(=O)oc2ccc(C)cc12. The van der Waals surface area contributed by atoms with Crippen LogP contribution in [0.1, 0.15) is 11.1 Å². The summed E-state index contributed by atoms with van der Waals surface area (Å²) in [5, 5.41) is 0.941. The molecule has 1 heterocycles. The van der Waals surface area contributed by atoms with Gasteiger partial charge in [-0.3, -0.25) is 0 Å². The Morgan fingerprint density at radius 1 is 1.33 bits per heavy atom. The predicted octanol–water partition coefficient (Wildman–Crippen LogP) is 2.25. The van der Waals surface area contributed by atoms with Crippen molar-refractivity contribution < 1.29 is 9.15 Å². The van der Waals surface area contributed by atoms with Crippen molar-refractivity contribution in [2.45, 2.75) is 13.5 Å². The molecule has 0 saturated heterocycles. The molecule has 0 radical (unpaired) electrons. The summed E-state index contributed by atoms with van der Waals surface area (Å²) < 4.78 is 10.1. The van der Waals surface area contributed by atoms with Crippen molar-refractivity contribution >= 4 is 11.0 Å². The van der Waals surface area contributed by atoms with E-state index in [-0.39, 0.29) is 5.63 Å². The quantitative estimate of drug-likeness (QED) is 0.704. The van der Waals surface area contributed by atoms with Crippen LogP contribution in [-0.4, -0.2) is 7.11 Å². The Hall–Kier alpha value is -1.61. The molecule has 0 aliphatic heterocycles. The van der Waals surface area contributed by atoms with Crippen LogP contribution in [0.5, 0.6) is 0 Å². The Morgan fingerprint density at radius 3 is 2.87 bits per heavy atom. The van der Waals surface area contributed by atoms with Gasteiger partial charge in [-0.05, 0) is 24.6 Å². The highest BCUT2D eigenvalue weighted by atomic mass is 16.5. The van der Waals surface area contributed by atoms with E-state index in [1.165, 1.54) is 6.07 Å². The van der Waals surface area contributed by atoms with E-state index in [1.54, 1.807) is 7.11 Å². The molecule has 2 rings (SSSR count). The van der Waals surface area contributed by atoms with E-state index in [2.05, 4.69) is 0 Å². The summed E-state index contributed by atoms with van der Waals surface area (Å²) in [7, 11) is 1.61. The Kier molecular flexibility index (Phi) is 2.56. The summed E-state index contributed by atoms with van der Waals surface area (Å²) in [6.07, 6.45) is 0. The topological polar surface area (TPSA) is 39.4 Å². The minimum Gasteiger partial charge on any atom is -0.423 e. The van der Waals surface area contributed by atoms with Gasteiger partial charge in [0, 0.05) is 18.6 Å². The van der Waals surface area contributed by atoms with Gasteiger partial charge in [0.15, 0.2) is 0 Å². The molecule has 0 aliphatic carbocycles. The van der Waals surface area contributed by atoms with Crippen molar-refractivity contribution in [2.75, 3.05) is 7.11 Å². The number of hydrogen-bond acceptors (Lipinski definition) is 3. The highest BCUT2D eigenvalue weighted by Crippen LogP contribution is 2.18. The Morgan fingerprint density at radius 2 is 2.13 bits per heavy atom. The number of ether oxygens (including phenoxy) is 1. The van der Waals surface area contributed by atoms with Gasteiger partial charge in [-0.25, -0.2) is 4.79 Å². The monoisotopic (exact) mass is 204 g/mol. The second-order valence-corrected chi connectivity index (χ2v) is 3.52. The van der Waals surface area contributed by atoms with Gasteiger partial charge >= 0.3 is 5.63 Å². The second kappa shape index (κ2) is 3.87. The predicted molar refractivity (Wildman–Crippen MR) is 57.9 cm³/mol. The lowest BCUT2D eigenvalue weighted by Gasteiger charge is -2.04. The molecule has 0 saturated carbocycles. The molecular formula is C12H12O3. The molecule has 2 aromatic rings. The van der Waals surface area contributed by atoms with Crippen molar-refractivity contribution in [2.24, 2.45) is 0 Å². The zero-order valence-electron chi connectivity index (χ0n) is 8.74. The highest BCUT2D eigenvalue weighted by Gasteiger charge is 2.04. The Labute approximate surface area is 87.3 Å². The van der Waals surface area contributed by atoms with Crippen LogP contribution < -0.4 is 5.63 Å². The van der Waals surface area contributed by atoms with E-state index >= 15 is 0 Å². The average Bonchev–Trinajstić information content (AvgIpc) is 2.19. The maximum absolute atomic E-state index is 11.2. The third-order valence-corrected chi connectivity index (χ3v) is 2.28. The van der Waals surface area contributed by atoms with E-state index in [0.717, 1.165) is 16.5 Å². The molecule has 0 unspecified atom stereocenters. The van der Waals surface area contributed by atoms with Crippen LogP contribution in [0.2, 0.25) is 0 Å². The lowest BCUT2D eigenvalue weighted by Crippen LogP contribution is -2.01. The second-order valence-electron chi connectivity index (χ2n) is 3.52. The summed E-state index contributed by atoms with van der Waals surface area (Å²) >= 11 is 0. The first kappa shape index (κ1) is 9.93. The summed E-state index contributed by atoms with van der Waals surface area (Å²) in [6.45, 7) is 2.42. The van der Waals surface area contributed by atoms with E-state index in [4.69, 9.17) is 9.15 Å². The molecule has 0 fully saturated rings. The first-order chi connectivity index (χ1) is 7.20. The van der Waals surface area contributed by atoms with E-state index in [9.17, 15) is 4.79 Å². The van der Waals surface area contributed by atoms with E-state index in [1.807, 2.05) is 25.1 Å². The van der Waals surface area contributed by atoms with E-state index in [0.29, 0.717) is 12.2 Å². The maximum atomic E-state index is 11.2. The third kappa shape index (κ3) is 1.92. The number of benzene rings is 1.